The van der Waals surface area contributed by atoms with Gasteiger partial charge in [-0.25, -0.2) is 4.98 Å². The van der Waals surface area contributed by atoms with Crippen molar-refractivity contribution >= 4 is 11.6 Å². The summed E-state index contributed by atoms with van der Waals surface area (Å²) in [4.78, 5) is 12.5. The summed E-state index contributed by atoms with van der Waals surface area (Å²) in [6.07, 6.45) is 7.02. The van der Waals surface area contributed by atoms with Crippen LogP contribution < -0.4 is 0 Å². The Balaban J connectivity index is 2.21. The van der Waals surface area contributed by atoms with Gasteiger partial charge < -0.3 is 0 Å². The lowest BCUT2D eigenvalue weighted by Gasteiger charge is -2.09. The first-order valence-electron chi connectivity index (χ1n) is 5.82. The summed E-state index contributed by atoms with van der Waals surface area (Å²) in [7, 11) is 0. The van der Waals surface area contributed by atoms with Crippen molar-refractivity contribution in [1.82, 2.24) is 15.0 Å². The van der Waals surface area contributed by atoms with Crippen LogP contribution in [0.15, 0.2) is 61.2 Å². The van der Waals surface area contributed by atoms with Crippen LogP contribution in [0.2, 0.25) is 5.15 Å². The van der Waals surface area contributed by atoms with E-state index in [-0.39, 0.29) is 0 Å². The molecule has 0 bridgehead atoms. The molecular formula is C15H10ClN3. The first-order chi connectivity index (χ1) is 9.34. The Morgan fingerprint density at radius 1 is 0.684 bits per heavy atom. The van der Waals surface area contributed by atoms with Gasteiger partial charge in [-0.1, -0.05) is 11.6 Å². The Morgan fingerprint density at radius 3 is 1.89 bits per heavy atom. The minimum absolute atomic E-state index is 0.476. The van der Waals surface area contributed by atoms with Gasteiger partial charge in [-0.3, -0.25) is 9.97 Å². The van der Waals surface area contributed by atoms with Crippen molar-refractivity contribution in [3.05, 3.63) is 66.3 Å². The third kappa shape index (κ3) is 2.46. The second kappa shape index (κ2) is 5.16. The molecule has 0 aromatic carbocycles. The summed E-state index contributed by atoms with van der Waals surface area (Å²) < 4.78 is 0. The van der Waals surface area contributed by atoms with E-state index in [0.717, 1.165) is 22.4 Å². The van der Waals surface area contributed by atoms with Gasteiger partial charge in [0.1, 0.15) is 5.15 Å². The van der Waals surface area contributed by atoms with Crippen molar-refractivity contribution in [3.8, 4) is 22.4 Å². The number of rotatable bonds is 2. The van der Waals surface area contributed by atoms with Gasteiger partial charge in [-0.05, 0) is 42.0 Å². The van der Waals surface area contributed by atoms with E-state index in [1.54, 1.807) is 30.9 Å². The van der Waals surface area contributed by atoms with Crippen LogP contribution in [0.25, 0.3) is 22.4 Å². The van der Waals surface area contributed by atoms with Crippen LogP contribution >= 0.6 is 11.6 Å². The molecule has 3 aromatic rings. The maximum Gasteiger partial charge on any atom is 0.129 e. The Kier molecular flexibility index (Phi) is 3.21. The van der Waals surface area contributed by atoms with E-state index < -0.39 is 0 Å². The molecule has 0 N–H and O–H groups in total. The molecule has 3 rings (SSSR count). The molecular weight excluding hydrogens is 258 g/mol. The number of hydrogen-bond acceptors (Lipinski definition) is 3. The lowest BCUT2D eigenvalue weighted by atomic mass is 10.0. The lowest BCUT2D eigenvalue weighted by molar-refractivity contribution is 1.28. The molecule has 0 fully saturated rings. The minimum atomic E-state index is 0.476. The Morgan fingerprint density at radius 2 is 1.26 bits per heavy atom. The maximum atomic E-state index is 6.02. The fourth-order valence-electron chi connectivity index (χ4n) is 1.93. The van der Waals surface area contributed by atoms with Crippen molar-refractivity contribution in [3.63, 3.8) is 0 Å². The second-order valence-electron chi connectivity index (χ2n) is 4.00. The highest BCUT2D eigenvalue weighted by Crippen LogP contribution is 2.30. The van der Waals surface area contributed by atoms with Gasteiger partial charge in [0.2, 0.25) is 0 Å². The molecule has 0 radical (unpaired) electrons. The summed E-state index contributed by atoms with van der Waals surface area (Å²) in [5.41, 5.74) is 3.93. The highest BCUT2D eigenvalue weighted by atomic mass is 35.5. The molecule has 3 nitrogen and oxygen atoms in total. The fourth-order valence-corrected chi connectivity index (χ4v) is 2.08. The smallest absolute Gasteiger partial charge is 0.129 e. The number of pyridine rings is 3. The highest BCUT2D eigenvalue weighted by Gasteiger charge is 2.09. The standard InChI is InChI=1S/C15H10ClN3/c16-14-2-1-13(11-3-7-17-8-4-11)15(19-14)12-5-9-18-10-6-12/h1-10H. The van der Waals surface area contributed by atoms with Crippen LogP contribution in [0.5, 0.6) is 0 Å². The van der Waals surface area contributed by atoms with Crippen molar-refractivity contribution in [2.75, 3.05) is 0 Å². The quantitative estimate of drug-likeness (QED) is 0.662. The van der Waals surface area contributed by atoms with Crippen LogP contribution in [0.3, 0.4) is 0 Å². The van der Waals surface area contributed by atoms with Crippen LogP contribution in [0, 0.1) is 0 Å². The first-order valence-corrected chi connectivity index (χ1v) is 6.20. The van der Waals surface area contributed by atoms with E-state index in [1.807, 2.05) is 30.3 Å². The largest absolute Gasteiger partial charge is 0.265 e. The average Bonchev–Trinajstić information content (AvgIpc) is 2.49. The lowest BCUT2D eigenvalue weighted by Crippen LogP contribution is -1.90. The van der Waals surface area contributed by atoms with E-state index in [9.17, 15) is 0 Å². The molecule has 92 valence electrons. The third-order valence-electron chi connectivity index (χ3n) is 2.81. The van der Waals surface area contributed by atoms with Crippen LogP contribution in [-0.2, 0) is 0 Å². The molecule has 0 atom stereocenters. The number of hydrogen-bond donors (Lipinski definition) is 0. The van der Waals surface area contributed by atoms with E-state index in [4.69, 9.17) is 11.6 Å². The van der Waals surface area contributed by atoms with E-state index in [2.05, 4.69) is 15.0 Å². The second-order valence-corrected chi connectivity index (χ2v) is 4.39. The topological polar surface area (TPSA) is 38.7 Å². The number of halogens is 1. The zero-order valence-corrected chi connectivity index (χ0v) is 10.7. The Labute approximate surface area is 116 Å². The number of nitrogens with zero attached hydrogens (tertiary/aromatic N) is 3. The van der Waals surface area contributed by atoms with Crippen LogP contribution in [0.1, 0.15) is 0 Å². The summed E-state index contributed by atoms with van der Waals surface area (Å²) >= 11 is 6.02. The third-order valence-corrected chi connectivity index (χ3v) is 3.02. The van der Waals surface area contributed by atoms with E-state index >= 15 is 0 Å². The maximum absolute atomic E-state index is 6.02. The van der Waals surface area contributed by atoms with Gasteiger partial charge >= 0.3 is 0 Å². The minimum Gasteiger partial charge on any atom is -0.265 e. The van der Waals surface area contributed by atoms with Crippen molar-refractivity contribution in [2.45, 2.75) is 0 Å². The molecule has 0 aliphatic heterocycles. The van der Waals surface area contributed by atoms with Crippen molar-refractivity contribution in [2.24, 2.45) is 0 Å². The fraction of sp³-hybridized carbons (Fsp3) is 0. The molecule has 0 saturated heterocycles. The zero-order chi connectivity index (χ0) is 13.1. The Hall–Kier alpha value is -2.26. The van der Waals surface area contributed by atoms with Gasteiger partial charge in [0, 0.05) is 35.9 Å². The summed E-state index contributed by atoms with van der Waals surface area (Å²) in [6, 6.07) is 11.5. The summed E-state index contributed by atoms with van der Waals surface area (Å²) in [5.74, 6) is 0. The molecule has 0 aliphatic rings. The summed E-state index contributed by atoms with van der Waals surface area (Å²) in [6.45, 7) is 0. The normalized spacial score (nSPS) is 10.4. The van der Waals surface area contributed by atoms with Gasteiger partial charge in [-0.15, -0.1) is 0 Å². The molecule has 3 aromatic heterocycles. The molecule has 0 spiro atoms. The molecule has 0 amide bonds. The number of aromatic nitrogens is 3. The van der Waals surface area contributed by atoms with Gasteiger partial charge in [-0.2, -0.15) is 0 Å². The zero-order valence-electron chi connectivity index (χ0n) is 9.99. The molecule has 3 heterocycles. The molecule has 0 unspecified atom stereocenters. The molecule has 19 heavy (non-hydrogen) atoms. The monoisotopic (exact) mass is 267 g/mol. The van der Waals surface area contributed by atoms with Crippen LogP contribution in [-0.4, -0.2) is 15.0 Å². The predicted molar refractivity (Wildman–Crippen MR) is 75.7 cm³/mol. The predicted octanol–water partition coefficient (Wildman–Crippen LogP) is 3.86. The van der Waals surface area contributed by atoms with Gasteiger partial charge in [0.25, 0.3) is 0 Å². The van der Waals surface area contributed by atoms with Crippen molar-refractivity contribution < 1.29 is 0 Å². The Bertz CT molecular complexity index is 684. The van der Waals surface area contributed by atoms with E-state index in [0.29, 0.717) is 5.15 Å². The first kappa shape index (κ1) is 11.8. The SMILES string of the molecule is Clc1ccc(-c2ccncc2)c(-c2ccncc2)n1. The van der Waals surface area contributed by atoms with Gasteiger partial charge in [0.15, 0.2) is 0 Å². The van der Waals surface area contributed by atoms with Crippen LogP contribution in [0.4, 0.5) is 0 Å². The molecule has 0 aliphatic carbocycles. The average molecular weight is 268 g/mol. The summed E-state index contributed by atoms with van der Waals surface area (Å²) in [5, 5.41) is 0.476. The van der Waals surface area contributed by atoms with E-state index in [1.165, 1.54) is 0 Å². The molecule has 4 heteroatoms. The van der Waals surface area contributed by atoms with Crippen molar-refractivity contribution in [1.29, 1.82) is 0 Å². The van der Waals surface area contributed by atoms with Gasteiger partial charge in [0.05, 0.1) is 5.69 Å². The highest BCUT2D eigenvalue weighted by molar-refractivity contribution is 6.29. The molecule has 0 saturated carbocycles.